The molecule has 0 bridgehead atoms. The number of anilines is 1. The first kappa shape index (κ1) is 22.4. The van der Waals surface area contributed by atoms with E-state index >= 15 is 0 Å². The molecule has 0 unspecified atom stereocenters. The van der Waals surface area contributed by atoms with Gasteiger partial charge >= 0.3 is 0 Å². The molecule has 1 saturated heterocycles. The number of rotatable bonds is 6. The molecule has 0 saturated carbocycles. The smallest absolute Gasteiger partial charge is 0.243 e. The predicted octanol–water partition coefficient (Wildman–Crippen LogP) is 3.71. The number of nitrogens with one attached hydrogen (secondary N) is 1. The van der Waals surface area contributed by atoms with Gasteiger partial charge in [-0.25, -0.2) is 8.42 Å². The molecule has 1 aliphatic rings. The molecule has 0 aliphatic carbocycles. The summed E-state index contributed by atoms with van der Waals surface area (Å²) in [5.74, 6) is 0.457. The summed E-state index contributed by atoms with van der Waals surface area (Å²) in [6, 6.07) is 9.74. The lowest BCUT2D eigenvalue weighted by Gasteiger charge is -2.31. The van der Waals surface area contributed by atoms with Crippen LogP contribution in [0.2, 0.25) is 5.02 Å². The normalized spacial score (nSPS) is 17.4. The first-order chi connectivity index (χ1) is 14.3. The Balaban J connectivity index is 1.73. The van der Waals surface area contributed by atoms with E-state index in [1.807, 2.05) is 0 Å². The molecule has 2 aromatic rings. The topological polar surface area (TPSA) is 84.9 Å². The second kappa shape index (κ2) is 9.24. The van der Waals surface area contributed by atoms with Gasteiger partial charge in [0.15, 0.2) is 0 Å². The van der Waals surface area contributed by atoms with Crippen molar-refractivity contribution < 1.29 is 22.7 Å². The third-order valence-corrected chi connectivity index (χ3v) is 7.33. The number of carbonyl (C=O) groups excluding carboxylic acids is 1. The molecular formula is C21H25ClN2O5S. The summed E-state index contributed by atoms with van der Waals surface area (Å²) in [6.45, 7) is 2.30. The largest absolute Gasteiger partial charge is 0.496 e. The molecule has 0 spiro atoms. The zero-order valence-electron chi connectivity index (χ0n) is 17.1. The highest BCUT2D eigenvalue weighted by Gasteiger charge is 2.33. The molecule has 2 aromatic carbocycles. The van der Waals surface area contributed by atoms with Gasteiger partial charge in [-0.3, -0.25) is 4.79 Å². The third-order valence-electron chi connectivity index (χ3n) is 5.18. The standard InChI is InChI=1S/C21H25ClN2O5S/c1-14-11-17(7-9-19(14)28-2)30(26,27)24-10-4-5-15(13-24)21(25)23-16-6-8-20(29-3)18(22)12-16/h6-9,11-12,15H,4-5,10,13H2,1-3H3,(H,23,25)/t15-/m1/s1. The van der Waals surface area contributed by atoms with Gasteiger partial charge in [0.2, 0.25) is 15.9 Å². The Morgan fingerprint density at radius 3 is 2.47 bits per heavy atom. The van der Waals surface area contributed by atoms with E-state index in [-0.39, 0.29) is 17.3 Å². The van der Waals surface area contributed by atoms with Crippen molar-refractivity contribution in [3.63, 3.8) is 0 Å². The molecule has 9 heteroatoms. The van der Waals surface area contributed by atoms with Crippen LogP contribution in [0.5, 0.6) is 11.5 Å². The molecule has 162 valence electrons. The quantitative estimate of drug-likeness (QED) is 0.722. The lowest BCUT2D eigenvalue weighted by atomic mass is 9.98. The van der Waals surface area contributed by atoms with Crippen LogP contribution in [-0.4, -0.2) is 45.9 Å². The fourth-order valence-electron chi connectivity index (χ4n) is 3.52. The molecule has 3 rings (SSSR count). The van der Waals surface area contributed by atoms with Gasteiger partial charge in [-0.15, -0.1) is 0 Å². The lowest BCUT2D eigenvalue weighted by Crippen LogP contribution is -2.43. The molecule has 30 heavy (non-hydrogen) atoms. The van der Waals surface area contributed by atoms with Crippen molar-refractivity contribution >= 4 is 33.2 Å². The average molecular weight is 453 g/mol. The van der Waals surface area contributed by atoms with E-state index in [1.165, 1.54) is 17.5 Å². The van der Waals surface area contributed by atoms with Gasteiger partial charge in [0.1, 0.15) is 11.5 Å². The molecule has 0 radical (unpaired) electrons. The van der Waals surface area contributed by atoms with Crippen LogP contribution in [0.4, 0.5) is 5.69 Å². The number of benzene rings is 2. The Labute approximate surface area is 182 Å². The number of hydrogen-bond acceptors (Lipinski definition) is 5. The van der Waals surface area contributed by atoms with Crippen molar-refractivity contribution in [2.75, 3.05) is 32.6 Å². The molecular weight excluding hydrogens is 428 g/mol. The number of piperidine rings is 1. The maximum Gasteiger partial charge on any atom is 0.243 e. The SMILES string of the molecule is COc1ccc(S(=O)(=O)N2CCC[C@@H](C(=O)Nc3ccc(OC)c(Cl)c3)C2)cc1C. The minimum atomic E-state index is -3.70. The lowest BCUT2D eigenvalue weighted by molar-refractivity contribution is -0.120. The first-order valence-electron chi connectivity index (χ1n) is 9.55. The summed E-state index contributed by atoms with van der Waals surface area (Å²) < 4.78 is 37.9. The number of methoxy groups -OCH3 is 2. The van der Waals surface area contributed by atoms with Crippen molar-refractivity contribution in [3.8, 4) is 11.5 Å². The van der Waals surface area contributed by atoms with Crippen LogP contribution >= 0.6 is 11.6 Å². The number of carbonyl (C=O) groups is 1. The van der Waals surface area contributed by atoms with Crippen molar-refractivity contribution in [1.82, 2.24) is 4.31 Å². The van der Waals surface area contributed by atoms with Gasteiger partial charge < -0.3 is 14.8 Å². The summed E-state index contributed by atoms with van der Waals surface area (Å²) in [6.07, 6.45) is 1.22. The minimum Gasteiger partial charge on any atom is -0.496 e. The number of aryl methyl sites for hydroxylation is 1. The number of ether oxygens (including phenoxy) is 2. The van der Waals surface area contributed by atoms with Crippen LogP contribution < -0.4 is 14.8 Å². The summed E-state index contributed by atoms with van der Waals surface area (Å²) in [4.78, 5) is 13.0. The number of sulfonamides is 1. The number of hydrogen-bond donors (Lipinski definition) is 1. The second-order valence-electron chi connectivity index (χ2n) is 7.17. The number of amides is 1. The fraction of sp³-hybridized carbons (Fsp3) is 0.381. The number of nitrogens with zero attached hydrogens (tertiary/aromatic N) is 1. The summed E-state index contributed by atoms with van der Waals surface area (Å²) in [5.41, 5.74) is 1.28. The Hall–Kier alpha value is -2.29. The van der Waals surface area contributed by atoms with Crippen LogP contribution in [0.15, 0.2) is 41.3 Å². The molecule has 1 atom stereocenters. The van der Waals surface area contributed by atoms with Crippen LogP contribution in [-0.2, 0) is 14.8 Å². The highest BCUT2D eigenvalue weighted by atomic mass is 35.5. The number of halogens is 1. The van der Waals surface area contributed by atoms with E-state index in [9.17, 15) is 13.2 Å². The van der Waals surface area contributed by atoms with Crippen LogP contribution in [0.25, 0.3) is 0 Å². The molecule has 7 nitrogen and oxygen atoms in total. The van der Waals surface area contributed by atoms with Gasteiger partial charge in [-0.2, -0.15) is 4.31 Å². The van der Waals surface area contributed by atoms with E-state index in [4.69, 9.17) is 21.1 Å². The molecule has 1 aliphatic heterocycles. The van der Waals surface area contributed by atoms with Crippen molar-refractivity contribution in [1.29, 1.82) is 0 Å². The molecule has 0 aromatic heterocycles. The van der Waals surface area contributed by atoms with Gasteiger partial charge in [-0.05, 0) is 61.7 Å². The van der Waals surface area contributed by atoms with E-state index in [2.05, 4.69) is 5.32 Å². The zero-order valence-corrected chi connectivity index (χ0v) is 18.7. The Morgan fingerprint density at radius 1 is 1.13 bits per heavy atom. The first-order valence-corrected chi connectivity index (χ1v) is 11.4. The second-order valence-corrected chi connectivity index (χ2v) is 9.52. The Morgan fingerprint density at radius 2 is 1.83 bits per heavy atom. The summed E-state index contributed by atoms with van der Waals surface area (Å²) in [5, 5.41) is 3.21. The molecule has 1 amide bonds. The molecule has 1 heterocycles. The Kier molecular flexibility index (Phi) is 6.90. The minimum absolute atomic E-state index is 0.128. The van der Waals surface area contributed by atoms with Gasteiger partial charge in [0.25, 0.3) is 0 Å². The van der Waals surface area contributed by atoms with Crippen molar-refractivity contribution in [2.45, 2.75) is 24.7 Å². The van der Waals surface area contributed by atoms with Gasteiger partial charge in [0, 0.05) is 18.8 Å². The maximum absolute atomic E-state index is 13.1. The van der Waals surface area contributed by atoms with Gasteiger partial charge in [0.05, 0.1) is 30.1 Å². The van der Waals surface area contributed by atoms with Crippen LogP contribution in [0.1, 0.15) is 18.4 Å². The average Bonchev–Trinajstić information content (AvgIpc) is 2.74. The highest BCUT2D eigenvalue weighted by molar-refractivity contribution is 7.89. The van der Waals surface area contributed by atoms with Crippen molar-refractivity contribution in [2.24, 2.45) is 5.92 Å². The molecule has 1 N–H and O–H groups in total. The van der Waals surface area contributed by atoms with E-state index in [0.717, 1.165) is 5.56 Å². The van der Waals surface area contributed by atoms with E-state index < -0.39 is 15.9 Å². The molecule has 1 fully saturated rings. The van der Waals surface area contributed by atoms with E-state index in [0.29, 0.717) is 41.6 Å². The Bertz CT molecular complexity index is 1040. The van der Waals surface area contributed by atoms with Crippen molar-refractivity contribution in [3.05, 3.63) is 47.0 Å². The summed E-state index contributed by atoms with van der Waals surface area (Å²) in [7, 11) is -0.648. The van der Waals surface area contributed by atoms with Gasteiger partial charge in [-0.1, -0.05) is 11.6 Å². The van der Waals surface area contributed by atoms with E-state index in [1.54, 1.807) is 44.4 Å². The fourth-order valence-corrected chi connectivity index (χ4v) is 5.39. The monoisotopic (exact) mass is 452 g/mol. The maximum atomic E-state index is 13.1. The third kappa shape index (κ3) is 4.71. The zero-order chi connectivity index (χ0) is 21.9. The van der Waals surface area contributed by atoms with Crippen LogP contribution in [0.3, 0.4) is 0 Å². The predicted molar refractivity (Wildman–Crippen MR) is 116 cm³/mol. The summed E-state index contributed by atoms with van der Waals surface area (Å²) >= 11 is 6.11. The van der Waals surface area contributed by atoms with Crippen LogP contribution in [0, 0.1) is 12.8 Å². The highest BCUT2D eigenvalue weighted by Crippen LogP contribution is 2.30.